The van der Waals surface area contributed by atoms with Gasteiger partial charge in [0, 0.05) is 11.1 Å². The van der Waals surface area contributed by atoms with Crippen molar-refractivity contribution in [2.24, 2.45) is 0 Å². The Morgan fingerprint density at radius 1 is 0.969 bits per heavy atom. The van der Waals surface area contributed by atoms with Crippen LogP contribution in [0.3, 0.4) is 0 Å². The predicted molar refractivity (Wildman–Crippen MR) is 121 cm³/mol. The smallest absolute Gasteiger partial charge is 0.336 e. The van der Waals surface area contributed by atoms with E-state index in [0.29, 0.717) is 40.8 Å². The average molecular weight is 440 g/mol. The Bertz CT molecular complexity index is 1030. The van der Waals surface area contributed by atoms with Gasteiger partial charge in [-0.05, 0) is 42.7 Å². The summed E-state index contributed by atoms with van der Waals surface area (Å²) in [5.41, 5.74) is 2.23. The van der Waals surface area contributed by atoms with Crippen LogP contribution in [-0.2, 0) is 6.42 Å². The largest absolute Gasteiger partial charge is 0.493 e. The average Bonchev–Trinajstić information content (AvgIpc) is 3.27. The zero-order chi connectivity index (χ0) is 23.1. The summed E-state index contributed by atoms with van der Waals surface area (Å²) in [6.07, 6.45) is 2.73. The van der Waals surface area contributed by atoms with Gasteiger partial charge in [-0.25, -0.2) is 0 Å². The van der Waals surface area contributed by atoms with E-state index in [1.54, 1.807) is 24.3 Å². The van der Waals surface area contributed by atoms with Crippen molar-refractivity contribution >= 4 is 5.91 Å². The van der Waals surface area contributed by atoms with Crippen molar-refractivity contribution in [3.05, 3.63) is 47.5 Å². The van der Waals surface area contributed by atoms with E-state index in [2.05, 4.69) is 23.9 Å². The number of hydrogen-bond acceptors (Lipinski definition) is 7. The third kappa shape index (κ3) is 4.85. The quantitative estimate of drug-likeness (QED) is 0.433. The summed E-state index contributed by atoms with van der Waals surface area (Å²) < 4.78 is 23.3. The molecule has 0 saturated heterocycles. The highest BCUT2D eigenvalue weighted by molar-refractivity contribution is 5.97. The van der Waals surface area contributed by atoms with Crippen LogP contribution in [-0.4, -0.2) is 48.6 Å². The normalized spacial score (nSPS) is 10.7. The Morgan fingerprint density at radius 2 is 1.62 bits per heavy atom. The Morgan fingerprint density at radius 3 is 2.16 bits per heavy atom. The second kappa shape index (κ2) is 10.7. The number of ether oxygens (including phenoxy) is 4. The number of methoxy groups -OCH3 is 3. The lowest BCUT2D eigenvalue weighted by molar-refractivity contribution is 0.0944. The summed E-state index contributed by atoms with van der Waals surface area (Å²) in [4.78, 5) is 17.8. The summed E-state index contributed by atoms with van der Waals surface area (Å²) in [6, 6.07) is 11.0. The van der Waals surface area contributed by atoms with Gasteiger partial charge in [0.25, 0.3) is 5.91 Å². The Kier molecular flexibility index (Phi) is 7.70. The molecule has 0 N–H and O–H groups in total. The van der Waals surface area contributed by atoms with Crippen LogP contribution in [0, 0.1) is 0 Å². The minimum Gasteiger partial charge on any atom is -0.493 e. The van der Waals surface area contributed by atoms with E-state index < -0.39 is 0 Å². The Balaban J connectivity index is 2.10. The second-order valence-corrected chi connectivity index (χ2v) is 7.10. The van der Waals surface area contributed by atoms with E-state index in [1.165, 1.54) is 26.0 Å². The molecule has 8 nitrogen and oxygen atoms in total. The standard InChI is InChI=1S/C24H29N3O5/c1-6-8-13-32-24-25-22(18-14-19(29-3)21(31-5)20(15-18)30-4)27(26-24)23(28)17-11-9-16(7-2)10-12-17/h9-12,14-15H,6-8,13H2,1-5H3. The van der Waals surface area contributed by atoms with Gasteiger partial charge in [-0.1, -0.05) is 32.4 Å². The van der Waals surface area contributed by atoms with Crippen molar-refractivity contribution in [2.75, 3.05) is 27.9 Å². The molecule has 0 amide bonds. The van der Waals surface area contributed by atoms with E-state index in [1.807, 2.05) is 12.1 Å². The molecule has 0 unspecified atom stereocenters. The molecule has 1 heterocycles. The van der Waals surface area contributed by atoms with E-state index in [4.69, 9.17) is 18.9 Å². The van der Waals surface area contributed by atoms with Crippen molar-refractivity contribution in [3.8, 4) is 34.6 Å². The van der Waals surface area contributed by atoms with Crippen molar-refractivity contribution in [1.29, 1.82) is 0 Å². The zero-order valence-electron chi connectivity index (χ0n) is 19.2. The lowest BCUT2D eigenvalue weighted by Gasteiger charge is -2.14. The first-order valence-electron chi connectivity index (χ1n) is 10.6. The number of aromatic nitrogens is 3. The van der Waals surface area contributed by atoms with Gasteiger partial charge >= 0.3 is 6.01 Å². The third-order valence-electron chi connectivity index (χ3n) is 5.04. The molecule has 0 bridgehead atoms. The fraction of sp³-hybridized carbons (Fsp3) is 0.375. The maximum Gasteiger partial charge on any atom is 0.336 e. The van der Waals surface area contributed by atoms with Gasteiger partial charge in [0.15, 0.2) is 17.3 Å². The molecule has 0 fully saturated rings. The van der Waals surface area contributed by atoms with Crippen LogP contribution in [0.25, 0.3) is 11.4 Å². The molecular formula is C24H29N3O5. The molecule has 0 spiro atoms. The molecule has 3 rings (SSSR count). The molecule has 170 valence electrons. The maximum absolute atomic E-state index is 13.3. The van der Waals surface area contributed by atoms with Gasteiger partial charge in [-0.3, -0.25) is 4.79 Å². The molecular weight excluding hydrogens is 410 g/mol. The third-order valence-corrected chi connectivity index (χ3v) is 5.04. The molecule has 0 saturated carbocycles. The topological polar surface area (TPSA) is 84.7 Å². The molecule has 2 aromatic carbocycles. The highest BCUT2D eigenvalue weighted by Crippen LogP contribution is 2.41. The van der Waals surface area contributed by atoms with Crippen LogP contribution in [0.15, 0.2) is 36.4 Å². The van der Waals surface area contributed by atoms with Crippen LogP contribution in [0.2, 0.25) is 0 Å². The lowest BCUT2D eigenvalue weighted by Crippen LogP contribution is -2.15. The highest BCUT2D eigenvalue weighted by atomic mass is 16.5. The highest BCUT2D eigenvalue weighted by Gasteiger charge is 2.23. The molecule has 0 atom stereocenters. The second-order valence-electron chi connectivity index (χ2n) is 7.10. The number of nitrogens with zero attached hydrogens (tertiary/aromatic N) is 3. The number of benzene rings is 2. The molecule has 0 aliphatic rings. The SMILES string of the molecule is CCCCOc1nc(-c2cc(OC)c(OC)c(OC)c2)n(C(=O)c2ccc(CC)cc2)n1. The van der Waals surface area contributed by atoms with Crippen LogP contribution in [0.4, 0.5) is 0 Å². The van der Waals surface area contributed by atoms with Crippen LogP contribution >= 0.6 is 0 Å². The number of carbonyl (C=O) groups excluding carboxylic acids is 1. The molecule has 8 heteroatoms. The van der Waals surface area contributed by atoms with Gasteiger partial charge < -0.3 is 18.9 Å². The number of hydrogen-bond donors (Lipinski definition) is 0. The minimum atomic E-state index is -0.311. The minimum absolute atomic E-state index is 0.140. The Hall–Kier alpha value is -3.55. The van der Waals surface area contributed by atoms with Gasteiger partial charge in [0.2, 0.25) is 5.75 Å². The number of aryl methyl sites for hydroxylation is 1. The number of unbranched alkanes of at least 4 members (excludes halogenated alkanes) is 1. The fourth-order valence-electron chi connectivity index (χ4n) is 3.21. The van der Waals surface area contributed by atoms with Gasteiger partial charge in [0.1, 0.15) is 0 Å². The van der Waals surface area contributed by atoms with Crippen molar-refractivity contribution < 1.29 is 23.7 Å². The van der Waals surface area contributed by atoms with Gasteiger partial charge in [-0.15, -0.1) is 5.10 Å². The molecule has 0 aliphatic carbocycles. The Labute approximate surface area is 188 Å². The number of carbonyl (C=O) groups is 1. The van der Waals surface area contributed by atoms with E-state index in [9.17, 15) is 4.79 Å². The monoisotopic (exact) mass is 439 g/mol. The molecule has 1 aromatic heterocycles. The lowest BCUT2D eigenvalue weighted by atomic mass is 10.1. The summed E-state index contributed by atoms with van der Waals surface area (Å²) in [5, 5.41) is 4.35. The van der Waals surface area contributed by atoms with Crippen LogP contribution in [0.5, 0.6) is 23.3 Å². The van der Waals surface area contributed by atoms with Crippen molar-refractivity contribution in [2.45, 2.75) is 33.1 Å². The molecule has 0 aliphatic heterocycles. The van der Waals surface area contributed by atoms with Crippen LogP contribution in [0.1, 0.15) is 42.6 Å². The van der Waals surface area contributed by atoms with E-state index in [0.717, 1.165) is 24.8 Å². The maximum atomic E-state index is 13.3. The first kappa shape index (κ1) is 23.1. The summed E-state index contributed by atoms with van der Waals surface area (Å²) in [7, 11) is 4.60. The first-order chi connectivity index (χ1) is 15.6. The molecule has 0 radical (unpaired) electrons. The first-order valence-corrected chi connectivity index (χ1v) is 10.6. The van der Waals surface area contributed by atoms with Gasteiger partial charge in [0.05, 0.1) is 27.9 Å². The van der Waals surface area contributed by atoms with E-state index in [-0.39, 0.29) is 11.9 Å². The van der Waals surface area contributed by atoms with Crippen LogP contribution < -0.4 is 18.9 Å². The summed E-state index contributed by atoms with van der Waals surface area (Å²) in [5.74, 6) is 1.36. The molecule has 32 heavy (non-hydrogen) atoms. The van der Waals surface area contributed by atoms with E-state index >= 15 is 0 Å². The number of rotatable bonds is 10. The van der Waals surface area contributed by atoms with Crippen molar-refractivity contribution in [1.82, 2.24) is 14.8 Å². The summed E-state index contributed by atoms with van der Waals surface area (Å²) in [6.45, 7) is 4.60. The van der Waals surface area contributed by atoms with Crippen molar-refractivity contribution in [3.63, 3.8) is 0 Å². The summed E-state index contributed by atoms with van der Waals surface area (Å²) >= 11 is 0. The predicted octanol–water partition coefficient (Wildman–Crippen LogP) is 4.40. The molecule has 3 aromatic rings. The fourth-order valence-corrected chi connectivity index (χ4v) is 3.21. The van der Waals surface area contributed by atoms with Gasteiger partial charge in [-0.2, -0.15) is 9.67 Å². The zero-order valence-corrected chi connectivity index (χ0v) is 19.2.